The van der Waals surface area contributed by atoms with Crippen molar-refractivity contribution in [2.24, 2.45) is 0 Å². The first-order valence-corrected chi connectivity index (χ1v) is 5.45. The summed E-state index contributed by atoms with van der Waals surface area (Å²) in [5.41, 5.74) is -0.341. The molecule has 1 atom stereocenters. The average Bonchev–Trinajstić information content (AvgIpc) is 2.37. The smallest absolute Gasteiger partial charge is 0.390 e. The Kier molecular flexibility index (Phi) is 4.94. The minimum Gasteiger partial charge on any atom is -0.460 e. The number of nitro benzene ring substituents is 1. The van der Waals surface area contributed by atoms with Crippen molar-refractivity contribution in [2.45, 2.75) is 19.4 Å². The van der Waals surface area contributed by atoms with Gasteiger partial charge in [0.25, 0.3) is 0 Å². The molecule has 0 aliphatic carbocycles. The van der Waals surface area contributed by atoms with E-state index in [0.29, 0.717) is 5.56 Å². The van der Waals surface area contributed by atoms with Crippen LogP contribution in [-0.4, -0.2) is 23.5 Å². The lowest BCUT2D eigenvalue weighted by atomic mass is 10.1. The van der Waals surface area contributed by atoms with Gasteiger partial charge in [-0.15, -0.1) is 0 Å². The first-order chi connectivity index (χ1) is 8.99. The van der Waals surface area contributed by atoms with Crippen LogP contribution in [0.25, 0.3) is 4.85 Å². The molecule has 6 nitrogen and oxygen atoms in total. The lowest BCUT2D eigenvalue weighted by Crippen LogP contribution is -2.22. The molecule has 1 aromatic carbocycles. The Morgan fingerprint density at radius 1 is 1.63 bits per heavy atom. The predicted molar refractivity (Wildman–Crippen MR) is 63.8 cm³/mol. The van der Waals surface area contributed by atoms with Crippen LogP contribution >= 0.6 is 0 Å². The molecule has 1 rings (SSSR count). The normalized spacial score (nSPS) is 11.4. The Bertz CT molecular complexity index is 539. The number of nitro groups is 1. The van der Waals surface area contributed by atoms with E-state index in [0.717, 1.165) is 12.1 Å². The van der Waals surface area contributed by atoms with Crippen molar-refractivity contribution >= 4 is 11.7 Å². The highest BCUT2D eigenvalue weighted by atomic mass is 19.1. The number of rotatable bonds is 5. The molecular formula is C12H11FN2O4. The molecule has 0 amide bonds. The second kappa shape index (κ2) is 6.44. The zero-order valence-electron chi connectivity index (χ0n) is 10.1. The van der Waals surface area contributed by atoms with Gasteiger partial charge < -0.3 is 9.58 Å². The van der Waals surface area contributed by atoms with Gasteiger partial charge in [0.15, 0.2) is 0 Å². The monoisotopic (exact) mass is 266 g/mol. The highest BCUT2D eigenvalue weighted by Gasteiger charge is 2.26. The largest absolute Gasteiger partial charge is 0.460 e. The molecular weight excluding hydrogens is 255 g/mol. The summed E-state index contributed by atoms with van der Waals surface area (Å²) in [6.07, 6.45) is -0.0521. The zero-order chi connectivity index (χ0) is 14.4. The van der Waals surface area contributed by atoms with Crippen molar-refractivity contribution in [3.8, 4) is 0 Å². The third kappa shape index (κ3) is 3.74. The first kappa shape index (κ1) is 14.6. The van der Waals surface area contributed by atoms with Gasteiger partial charge in [-0.1, -0.05) is 6.07 Å². The number of carbonyl (C=O) groups excluding carboxylic acids is 1. The molecule has 0 spiro atoms. The molecule has 0 saturated heterocycles. The number of benzene rings is 1. The molecule has 0 fully saturated rings. The van der Waals surface area contributed by atoms with Crippen LogP contribution < -0.4 is 0 Å². The number of nitrogens with zero attached hydrogens (tertiary/aromatic N) is 2. The molecule has 0 saturated carbocycles. The van der Waals surface area contributed by atoms with E-state index in [9.17, 15) is 19.3 Å². The van der Waals surface area contributed by atoms with E-state index >= 15 is 0 Å². The fourth-order valence-electron chi connectivity index (χ4n) is 1.47. The summed E-state index contributed by atoms with van der Waals surface area (Å²) in [6, 6.07) is 2.19. The summed E-state index contributed by atoms with van der Waals surface area (Å²) in [5, 5.41) is 10.6. The molecule has 0 aromatic heterocycles. The summed E-state index contributed by atoms with van der Waals surface area (Å²) in [7, 11) is 0. The molecule has 0 aliphatic rings. The maximum absolute atomic E-state index is 13.1. The Hall–Kier alpha value is -2.49. The molecule has 1 aromatic rings. The van der Waals surface area contributed by atoms with Crippen molar-refractivity contribution in [2.75, 3.05) is 6.61 Å². The van der Waals surface area contributed by atoms with Crippen LogP contribution in [0.3, 0.4) is 0 Å². The number of hydrogen-bond donors (Lipinski definition) is 0. The number of carbonyl (C=O) groups is 1. The Labute approximate surface area is 108 Å². The predicted octanol–water partition coefficient (Wildman–Crippen LogP) is 2.13. The van der Waals surface area contributed by atoms with Gasteiger partial charge in [0.05, 0.1) is 18.0 Å². The minimum absolute atomic E-state index is 0.0521. The van der Waals surface area contributed by atoms with Gasteiger partial charge in [0.2, 0.25) is 5.82 Å². The Morgan fingerprint density at radius 3 is 2.84 bits per heavy atom. The summed E-state index contributed by atoms with van der Waals surface area (Å²) < 4.78 is 17.8. The van der Waals surface area contributed by atoms with Gasteiger partial charge >= 0.3 is 17.7 Å². The van der Waals surface area contributed by atoms with Crippen molar-refractivity contribution in [1.82, 2.24) is 0 Å². The molecule has 0 radical (unpaired) electrons. The molecule has 0 bridgehead atoms. The standard InChI is InChI=1S/C12H11FN2O4/c1-3-19-12(16)10(14-2)6-8-4-5-9(13)11(7-8)15(17)18/h4-5,7,10H,3,6H2,1H3. The lowest BCUT2D eigenvalue weighted by Gasteiger charge is -2.05. The van der Waals surface area contributed by atoms with Crippen molar-refractivity contribution in [3.05, 3.63) is 51.1 Å². The van der Waals surface area contributed by atoms with Gasteiger partial charge in [-0.05, 0) is 18.6 Å². The van der Waals surface area contributed by atoms with E-state index in [-0.39, 0.29) is 13.0 Å². The molecule has 0 aliphatic heterocycles. The summed E-state index contributed by atoms with van der Waals surface area (Å²) >= 11 is 0. The van der Waals surface area contributed by atoms with Crippen molar-refractivity contribution in [1.29, 1.82) is 0 Å². The van der Waals surface area contributed by atoms with Crippen LogP contribution in [0.2, 0.25) is 0 Å². The number of esters is 1. The van der Waals surface area contributed by atoms with Crippen LogP contribution in [0.4, 0.5) is 10.1 Å². The quantitative estimate of drug-likeness (QED) is 0.354. The molecule has 100 valence electrons. The molecule has 19 heavy (non-hydrogen) atoms. The van der Waals surface area contributed by atoms with E-state index < -0.39 is 28.4 Å². The molecule has 0 N–H and O–H groups in total. The summed E-state index contributed by atoms with van der Waals surface area (Å²) in [6.45, 7) is 8.67. The fourth-order valence-corrected chi connectivity index (χ4v) is 1.47. The van der Waals surface area contributed by atoms with Crippen LogP contribution in [0.5, 0.6) is 0 Å². The van der Waals surface area contributed by atoms with Crippen LogP contribution in [0.15, 0.2) is 18.2 Å². The highest BCUT2D eigenvalue weighted by Crippen LogP contribution is 2.20. The van der Waals surface area contributed by atoms with E-state index in [1.54, 1.807) is 6.92 Å². The summed E-state index contributed by atoms with van der Waals surface area (Å²) in [5.74, 6) is -1.64. The van der Waals surface area contributed by atoms with E-state index in [4.69, 9.17) is 11.3 Å². The Morgan fingerprint density at radius 2 is 2.32 bits per heavy atom. The lowest BCUT2D eigenvalue weighted by molar-refractivity contribution is -0.387. The van der Waals surface area contributed by atoms with Crippen molar-refractivity contribution < 1.29 is 18.8 Å². The highest BCUT2D eigenvalue weighted by molar-refractivity contribution is 5.78. The second-order valence-corrected chi connectivity index (χ2v) is 3.64. The van der Waals surface area contributed by atoms with Gasteiger partial charge in [0, 0.05) is 6.07 Å². The Balaban J connectivity index is 2.93. The van der Waals surface area contributed by atoms with E-state index in [2.05, 4.69) is 4.85 Å². The van der Waals surface area contributed by atoms with Crippen LogP contribution in [-0.2, 0) is 16.0 Å². The van der Waals surface area contributed by atoms with Gasteiger partial charge in [0.1, 0.15) is 0 Å². The topological polar surface area (TPSA) is 73.8 Å². The van der Waals surface area contributed by atoms with E-state index in [1.807, 2.05) is 0 Å². The summed E-state index contributed by atoms with van der Waals surface area (Å²) in [4.78, 5) is 24.3. The molecule has 1 unspecified atom stereocenters. The third-order valence-corrected chi connectivity index (χ3v) is 2.35. The maximum Gasteiger partial charge on any atom is 0.390 e. The average molecular weight is 266 g/mol. The SMILES string of the molecule is [C-]#[N+]C(Cc1ccc(F)c([N+](=O)[O-])c1)C(=O)OCC. The van der Waals surface area contributed by atoms with Gasteiger partial charge in [-0.25, -0.2) is 11.4 Å². The zero-order valence-corrected chi connectivity index (χ0v) is 10.1. The third-order valence-electron chi connectivity index (χ3n) is 2.35. The maximum atomic E-state index is 13.1. The molecule has 7 heteroatoms. The number of ether oxygens (including phenoxy) is 1. The number of halogens is 1. The van der Waals surface area contributed by atoms with Gasteiger partial charge in [-0.3, -0.25) is 10.1 Å². The minimum atomic E-state index is -1.08. The molecule has 0 heterocycles. The fraction of sp³-hybridized carbons (Fsp3) is 0.333. The second-order valence-electron chi connectivity index (χ2n) is 3.64. The first-order valence-electron chi connectivity index (χ1n) is 5.45. The number of hydrogen-bond acceptors (Lipinski definition) is 4. The van der Waals surface area contributed by atoms with E-state index in [1.165, 1.54) is 6.07 Å². The van der Waals surface area contributed by atoms with Crippen LogP contribution in [0, 0.1) is 22.5 Å². The van der Waals surface area contributed by atoms with Gasteiger partial charge in [-0.2, -0.15) is 4.39 Å². The van der Waals surface area contributed by atoms with Crippen molar-refractivity contribution in [3.63, 3.8) is 0 Å². The van der Waals surface area contributed by atoms with Crippen LogP contribution in [0.1, 0.15) is 12.5 Å².